The monoisotopic (exact) mass is 315 g/mol. The molecule has 0 radical (unpaired) electrons. The summed E-state index contributed by atoms with van der Waals surface area (Å²) in [4.78, 5) is 24.1. The van der Waals surface area contributed by atoms with Gasteiger partial charge >= 0.3 is 5.97 Å². The van der Waals surface area contributed by atoms with Crippen LogP contribution in [0.4, 0.5) is 10.1 Å². The molecule has 0 saturated carbocycles. The number of nitrogens with one attached hydrogen (secondary N) is 1. The van der Waals surface area contributed by atoms with Gasteiger partial charge in [-0.3, -0.25) is 4.79 Å². The van der Waals surface area contributed by atoms with Gasteiger partial charge in [-0.2, -0.15) is 0 Å². The normalized spacial score (nSPS) is 10.2. The maximum Gasteiger partial charge on any atom is 0.343 e. The highest BCUT2D eigenvalue weighted by Gasteiger charge is 2.16. The Kier molecular flexibility index (Phi) is 5.46. The molecule has 120 valence electrons. The molecule has 5 heteroatoms. The van der Waals surface area contributed by atoms with Crippen molar-refractivity contribution in [1.82, 2.24) is 0 Å². The van der Waals surface area contributed by atoms with Crippen molar-refractivity contribution < 1.29 is 18.7 Å². The number of anilines is 1. The zero-order valence-corrected chi connectivity index (χ0v) is 13.1. The Morgan fingerprint density at radius 1 is 1.13 bits per heavy atom. The first-order valence-electron chi connectivity index (χ1n) is 7.44. The fraction of sp³-hybridized carbons (Fsp3) is 0.222. The van der Waals surface area contributed by atoms with E-state index in [4.69, 9.17) is 4.74 Å². The van der Waals surface area contributed by atoms with E-state index in [1.165, 1.54) is 12.1 Å². The van der Waals surface area contributed by atoms with E-state index in [0.717, 1.165) is 18.3 Å². The van der Waals surface area contributed by atoms with E-state index >= 15 is 0 Å². The SMILES string of the molecule is CCNc1cccc(C(=O)Oc2cc(F)ccc2C(=O)CC)c1. The van der Waals surface area contributed by atoms with Crippen LogP contribution in [0.1, 0.15) is 41.0 Å². The molecule has 23 heavy (non-hydrogen) atoms. The van der Waals surface area contributed by atoms with Gasteiger partial charge in [-0.15, -0.1) is 0 Å². The first-order valence-corrected chi connectivity index (χ1v) is 7.44. The molecule has 0 heterocycles. The van der Waals surface area contributed by atoms with Crippen LogP contribution in [0.2, 0.25) is 0 Å². The Bertz CT molecular complexity index is 728. The van der Waals surface area contributed by atoms with Crippen molar-refractivity contribution in [2.75, 3.05) is 11.9 Å². The van der Waals surface area contributed by atoms with Crippen molar-refractivity contribution in [3.05, 3.63) is 59.4 Å². The van der Waals surface area contributed by atoms with Crippen molar-refractivity contribution in [2.45, 2.75) is 20.3 Å². The molecule has 0 saturated heterocycles. The quantitative estimate of drug-likeness (QED) is 0.496. The van der Waals surface area contributed by atoms with Crippen molar-refractivity contribution in [1.29, 1.82) is 0 Å². The summed E-state index contributed by atoms with van der Waals surface area (Å²) in [5, 5.41) is 3.09. The van der Waals surface area contributed by atoms with E-state index in [0.29, 0.717) is 5.56 Å². The average molecular weight is 315 g/mol. The minimum Gasteiger partial charge on any atom is -0.422 e. The molecule has 0 aliphatic carbocycles. The number of carbonyl (C=O) groups is 2. The number of ether oxygens (including phenoxy) is 1. The van der Waals surface area contributed by atoms with Crippen LogP contribution < -0.4 is 10.1 Å². The summed E-state index contributed by atoms with van der Waals surface area (Å²) in [6.07, 6.45) is 0.242. The zero-order chi connectivity index (χ0) is 16.8. The van der Waals surface area contributed by atoms with Gasteiger partial charge in [-0.25, -0.2) is 9.18 Å². The third-order valence-corrected chi connectivity index (χ3v) is 3.25. The molecule has 2 rings (SSSR count). The smallest absolute Gasteiger partial charge is 0.343 e. The zero-order valence-electron chi connectivity index (χ0n) is 13.1. The van der Waals surface area contributed by atoms with Gasteiger partial charge in [-0.1, -0.05) is 13.0 Å². The Morgan fingerprint density at radius 3 is 2.61 bits per heavy atom. The molecule has 0 fully saturated rings. The molecule has 0 amide bonds. The fourth-order valence-corrected chi connectivity index (χ4v) is 2.12. The number of carbonyl (C=O) groups excluding carboxylic acids is 2. The van der Waals surface area contributed by atoms with E-state index in [1.54, 1.807) is 25.1 Å². The summed E-state index contributed by atoms with van der Waals surface area (Å²) in [6.45, 7) is 4.36. The van der Waals surface area contributed by atoms with Crippen LogP contribution in [0.15, 0.2) is 42.5 Å². The predicted octanol–water partition coefficient (Wildman–Crippen LogP) is 4.07. The topological polar surface area (TPSA) is 55.4 Å². The van der Waals surface area contributed by atoms with Gasteiger partial charge in [0.1, 0.15) is 11.6 Å². The van der Waals surface area contributed by atoms with Gasteiger partial charge in [0.15, 0.2) is 5.78 Å². The van der Waals surface area contributed by atoms with Crippen molar-refractivity contribution in [3.63, 3.8) is 0 Å². The second kappa shape index (κ2) is 7.54. The van der Waals surface area contributed by atoms with Gasteiger partial charge in [0.2, 0.25) is 0 Å². The lowest BCUT2D eigenvalue weighted by molar-refractivity contribution is 0.0732. The Hall–Kier alpha value is -2.69. The number of esters is 1. The first kappa shape index (κ1) is 16.7. The van der Waals surface area contributed by atoms with Crippen LogP contribution >= 0.6 is 0 Å². The van der Waals surface area contributed by atoms with Crippen LogP contribution in [-0.2, 0) is 0 Å². The van der Waals surface area contributed by atoms with E-state index in [2.05, 4.69) is 5.32 Å². The number of Topliss-reactive ketones (excluding diaryl/α,β-unsaturated/α-hetero) is 1. The lowest BCUT2D eigenvalue weighted by atomic mass is 10.1. The Labute approximate surface area is 134 Å². The maximum absolute atomic E-state index is 13.4. The first-order chi connectivity index (χ1) is 11.0. The van der Waals surface area contributed by atoms with Gasteiger partial charge in [0.05, 0.1) is 11.1 Å². The lowest BCUT2D eigenvalue weighted by Crippen LogP contribution is -2.12. The molecular formula is C18H18FNO3. The number of ketones is 1. The Balaban J connectivity index is 2.28. The summed E-state index contributed by atoms with van der Waals surface area (Å²) in [5.74, 6) is -1.48. The molecule has 0 spiro atoms. The van der Waals surface area contributed by atoms with E-state index in [9.17, 15) is 14.0 Å². The third-order valence-electron chi connectivity index (χ3n) is 3.25. The summed E-state index contributed by atoms with van der Waals surface area (Å²) in [5.41, 5.74) is 1.30. The number of halogens is 1. The number of rotatable bonds is 6. The number of hydrogen-bond donors (Lipinski definition) is 1. The summed E-state index contributed by atoms with van der Waals surface area (Å²) < 4.78 is 18.7. The van der Waals surface area contributed by atoms with Gasteiger partial charge in [0.25, 0.3) is 0 Å². The Morgan fingerprint density at radius 2 is 1.91 bits per heavy atom. The van der Waals surface area contributed by atoms with E-state index in [-0.39, 0.29) is 23.5 Å². The molecule has 0 aliphatic rings. The fourth-order valence-electron chi connectivity index (χ4n) is 2.12. The van der Waals surface area contributed by atoms with Crippen LogP contribution in [-0.4, -0.2) is 18.3 Å². The van der Waals surface area contributed by atoms with Gasteiger partial charge in [0, 0.05) is 24.7 Å². The lowest BCUT2D eigenvalue weighted by Gasteiger charge is -2.10. The summed E-state index contributed by atoms with van der Waals surface area (Å²) >= 11 is 0. The van der Waals surface area contributed by atoms with Crippen LogP contribution in [0.3, 0.4) is 0 Å². The van der Waals surface area contributed by atoms with Crippen molar-refractivity contribution in [2.24, 2.45) is 0 Å². The largest absolute Gasteiger partial charge is 0.422 e. The van der Waals surface area contributed by atoms with Gasteiger partial charge < -0.3 is 10.1 Å². The maximum atomic E-state index is 13.4. The molecule has 0 aliphatic heterocycles. The van der Waals surface area contributed by atoms with Crippen LogP contribution in [0.5, 0.6) is 5.75 Å². The second-order valence-electron chi connectivity index (χ2n) is 4.92. The molecule has 1 N–H and O–H groups in total. The number of benzene rings is 2. The minimum atomic E-state index is -0.638. The minimum absolute atomic E-state index is 0.0595. The van der Waals surface area contributed by atoms with E-state index in [1.807, 2.05) is 13.0 Å². The van der Waals surface area contributed by atoms with Crippen LogP contribution in [0, 0.1) is 5.82 Å². The molecule has 4 nitrogen and oxygen atoms in total. The van der Waals surface area contributed by atoms with Crippen molar-refractivity contribution >= 4 is 17.4 Å². The van der Waals surface area contributed by atoms with Crippen molar-refractivity contribution in [3.8, 4) is 5.75 Å². The highest BCUT2D eigenvalue weighted by molar-refractivity contribution is 6.00. The van der Waals surface area contributed by atoms with Gasteiger partial charge in [-0.05, 0) is 37.3 Å². The molecule has 2 aromatic carbocycles. The molecule has 0 bridgehead atoms. The molecular weight excluding hydrogens is 297 g/mol. The third kappa shape index (κ3) is 4.16. The molecule has 0 unspecified atom stereocenters. The highest BCUT2D eigenvalue weighted by Crippen LogP contribution is 2.23. The van der Waals surface area contributed by atoms with E-state index < -0.39 is 11.8 Å². The second-order valence-corrected chi connectivity index (χ2v) is 4.92. The summed E-state index contributed by atoms with van der Waals surface area (Å²) in [6, 6.07) is 10.4. The highest BCUT2D eigenvalue weighted by atomic mass is 19.1. The molecule has 0 aromatic heterocycles. The predicted molar refractivity (Wildman–Crippen MR) is 86.6 cm³/mol. The molecule has 2 aromatic rings. The molecule has 0 atom stereocenters. The number of hydrogen-bond acceptors (Lipinski definition) is 4. The summed E-state index contributed by atoms with van der Waals surface area (Å²) in [7, 11) is 0. The van der Waals surface area contributed by atoms with Crippen LogP contribution in [0.25, 0.3) is 0 Å². The average Bonchev–Trinajstić information content (AvgIpc) is 2.55. The standard InChI is InChI=1S/C18H18FNO3/c1-3-16(21)15-9-8-13(19)11-17(15)23-18(22)12-6-5-7-14(10-12)20-4-2/h5-11,20H,3-4H2,1-2H3.